The second-order valence-electron chi connectivity index (χ2n) is 7.19. The molecule has 1 aromatic rings. The second kappa shape index (κ2) is 7.91. The van der Waals surface area contributed by atoms with Crippen molar-refractivity contribution in [2.75, 3.05) is 31.6 Å². The van der Waals surface area contributed by atoms with E-state index in [9.17, 15) is 4.79 Å². The number of nitrogens with zero attached hydrogens (tertiary/aromatic N) is 3. The Labute approximate surface area is 149 Å². The highest BCUT2D eigenvalue weighted by Gasteiger charge is 2.42. The summed E-state index contributed by atoms with van der Waals surface area (Å²) in [5.41, 5.74) is 1.66. The maximum atomic E-state index is 12.7. The lowest BCUT2D eigenvalue weighted by atomic mass is 9.98. The minimum absolute atomic E-state index is 0.0336. The third-order valence-corrected chi connectivity index (χ3v) is 6.03. The van der Waals surface area contributed by atoms with Gasteiger partial charge in [0.25, 0.3) is 5.91 Å². The maximum absolute atomic E-state index is 12.7. The Kier molecular flexibility index (Phi) is 5.87. The number of aryl methyl sites for hydroxylation is 2. The van der Waals surface area contributed by atoms with E-state index in [0.717, 1.165) is 37.7 Å². The molecular formula is C18H30N4OS. The number of likely N-dealkylation sites (tertiary alicyclic amines) is 1. The van der Waals surface area contributed by atoms with Crippen molar-refractivity contribution < 1.29 is 4.79 Å². The van der Waals surface area contributed by atoms with Crippen LogP contribution in [0.3, 0.4) is 0 Å². The van der Waals surface area contributed by atoms with Gasteiger partial charge in [0.15, 0.2) is 0 Å². The summed E-state index contributed by atoms with van der Waals surface area (Å²) >= 11 is 1.91. The zero-order valence-corrected chi connectivity index (χ0v) is 15.9. The van der Waals surface area contributed by atoms with Crippen LogP contribution in [0.1, 0.15) is 42.4 Å². The van der Waals surface area contributed by atoms with Crippen LogP contribution in [0.25, 0.3) is 0 Å². The molecule has 1 N–H and O–H groups in total. The number of carbonyl (C=O) groups is 1. The average Bonchev–Trinajstić information content (AvgIpc) is 3.23. The van der Waals surface area contributed by atoms with Gasteiger partial charge in [0, 0.05) is 26.2 Å². The quantitative estimate of drug-likeness (QED) is 0.730. The lowest BCUT2D eigenvalue weighted by Gasteiger charge is -2.19. The zero-order valence-electron chi connectivity index (χ0n) is 15.1. The summed E-state index contributed by atoms with van der Waals surface area (Å²) in [6.07, 6.45) is 6.93. The van der Waals surface area contributed by atoms with Gasteiger partial charge in [0.1, 0.15) is 5.69 Å². The van der Waals surface area contributed by atoms with Crippen LogP contribution in [-0.4, -0.2) is 58.3 Å². The first-order chi connectivity index (χ1) is 11.6. The van der Waals surface area contributed by atoms with Crippen LogP contribution in [0, 0.1) is 11.8 Å². The van der Waals surface area contributed by atoms with E-state index in [1.165, 1.54) is 25.0 Å². The summed E-state index contributed by atoms with van der Waals surface area (Å²) in [7, 11) is 1.86. The third kappa shape index (κ3) is 4.14. The number of carbonyl (C=O) groups excluding carboxylic acids is 1. The van der Waals surface area contributed by atoms with Crippen molar-refractivity contribution in [3.63, 3.8) is 0 Å². The van der Waals surface area contributed by atoms with Crippen LogP contribution in [0.4, 0.5) is 0 Å². The Morgan fingerprint density at radius 1 is 1.42 bits per heavy atom. The molecule has 1 aliphatic carbocycles. The Morgan fingerprint density at radius 2 is 2.21 bits per heavy atom. The molecule has 1 saturated heterocycles. The summed E-state index contributed by atoms with van der Waals surface area (Å²) in [6, 6.07) is 2.21. The first-order valence-corrected chi connectivity index (χ1v) is 10.6. The Bertz CT molecular complexity index is 569. The molecule has 1 amide bonds. The van der Waals surface area contributed by atoms with E-state index in [2.05, 4.69) is 28.5 Å². The largest absolute Gasteiger partial charge is 0.346 e. The molecule has 0 unspecified atom stereocenters. The number of thioether (sulfide) groups is 1. The van der Waals surface area contributed by atoms with Crippen molar-refractivity contribution in [3.8, 4) is 0 Å². The summed E-state index contributed by atoms with van der Waals surface area (Å²) in [6.45, 7) is 5.37. The van der Waals surface area contributed by atoms with Crippen molar-refractivity contribution in [1.29, 1.82) is 0 Å². The smallest absolute Gasteiger partial charge is 0.269 e. The lowest BCUT2D eigenvalue weighted by Crippen LogP contribution is -2.41. The highest BCUT2D eigenvalue weighted by atomic mass is 32.2. The van der Waals surface area contributed by atoms with E-state index < -0.39 is 0 Å². The summed E-state index contributed by atoms with van der Waals surface area (Å²) < 4.78 is 1.71. The standard InChI is InChI=1S/C18H30N4OS/c1-4-14-10-17(21(2)20-14)18(23)19-16-12-22(8-5-9-24-3)11-15(16)13-6-7-13/h10,13,15-16H,4-9,11-12H2,1-3H3,(H,19,23)/t15-,16+/m0/s1. The van der Waals surface area contributed by atoms with Gasteiger partial charge in [-0.15, -0.1) is 0 Å². The molecule has 0 spiro atoms. The van der Waals surface area contributed by atoms with E-state index in [1.807, 2.05) is 24.9 Å². The molecule has 1 aromatic heterocycles. The monoisotopic (exact) mass is 350 g/mol. The van der Waals surface area contributed by atoms with Crippen molar-refractivity contribution >= 4 is 17.7 Å². The van der Waals surface area contributed by atoms with Crippen LogP contribution >= 0.6 is 11.8 Å². The molecule has 5 nitrogen and oxygen atoms in total. The highest BCUT2D eigenvalue weighted by molar-refractivity contribution is 7.98. The van der Waals surface area contributed by atoms with Crippen molar-refractivity contribution in [1.82, 2.24) is 20.0 Å². The van der Waals surface area contributed by atoms with Crippen molar-refractivity contribution in [2.24, 2.45) is 18.9 Å². The van der Waals surface area contributed by atoms with Gasteiger partial charge >= 0.3 is 0 Å². The molecule has 2 aliphatic rings. The molecule has 134 valence electrons. The minimum atomic E-state index is 0.0336. The molecule has 1 saturated carbocycles. The van der Waals surface area contributed by atoms with E-state index in [-0.39, 0.29) is 5.91 Å². The summed E-state index contributed by atoms with van der Waals surface area (Å²) in [5, 5.41) is 7.72. The molecule has 0 aromatic carbocycles. The van der Waals surface area contributed by atoms with E-state index >= 15 is 0 Å². The van der Waals surface area contributed by atoms with Gasteiger partial charge in [-0.05, 0) is 62.1 Å². The lowest BCUT2D eigenvalue weighted by molar-refractivity contribution is 0.0918. The van der Waals surface area contributed by atoms with E-state index in [1.54, 1.807) is 4.68 Å². The SMILES string of the molecule is CCc1cc(C(=O)N[C@@H]2CN(CCCSC)C[C@H]2C2CC2)n(C)n1. The van der Waals surface area contributed by atoms with Crippen LogP contribution in [0.15, 0.2) is 6.07 Å². The molecule has 0 radical (unpaired) electrons. The fourth-order valence-corrected chi connectivity index (χ4v) is 4.26. The Morgan fingerprint density at radius 3 is 2.83 bits per heavy atom. The summed E-state index contributed by atoms with van der Waals surface area (Å²) in [4.78, 5) is 15.3. The van der Waals surface area contributed by atoms with Crippen molar-refractivity contribution in [2.45, 2.75) is 38.6 Å². The van der Waals surface area contributed by atoms with E-state index in [0.29, 0.717) is 17.7 Å². The number of rotatable bonds is 8. The van der Waals surface area contributed by atoms with Gasteiger partial charge in [0.05, 0.1) is 5.69 Å². The molecular weight excluding hydrogens is 320 g/mol. The van der Waals surface area contributed by atoms with Crippen LogP contribution in [-0.2, 0) is 13.5 Å². The molecule has 6 heteroatoms. The summed E-state index contributed by atoms with van der Waals surface area (Å²) in [5.74, 6) is 2.70. The first-order valence-electron chi connectivity index (χ1n) is 9.17. The minimum Gasteiger partial charge on any atom is -0.346 e. The molecule has 1 aliphatic heterocycles. The van der Waals surface area contributed by atoms with Crippen LogP contribution < -0.4 is 5.32 Å². The number of hydrogen-bond acceptors (Lipinski definition) is 4. The molecule has 24 heavy (non-hydrogen) atoms. The van der Waals surface area contributed by atoms with Gasteiger partial charge in [-0.3, -0.25) is 9.48 Å². The predicted molar refractivity (Wildman–Crippen MR) is 99.5 cm³/mol. The van der Waals surface area contributed by atoms with Crippen LogP contribution in [0.5, 0.6) is 0 Å². The Balaban J connectivity index is 1.61. The second-order valence-corrected chi connectivity index (χ2v) is 8.17. The van der Waals surface area contributed by atoms with E-state index in [4.69, 9.17) is 0 Å². The predicted octanol–water partition coefficient (Wildman–Crippen LogP) is 2.18. The number of amides is 1. The topological polar surface area (TPSA) is 50.2 Å². The molecule has 2 heterocycles. The normalized spacial score (nSPS) is 24.5. The fourth-order valence-electron chi connectivity index (χ4n) is 3.84. The number of hydrogen-bond donors (Lipinski definition) is 1. The number of aromatic nitrogens is 2. The fraction of sp³-hybridized carbons (Fsp3) is 0.778. The first kappa shape index (κ1) is 17.8. The number of nitrogens with one attached hydrogen (secondary N) is 1. The Hall–Kier alpha value is -1.01. The van der Waals surface area contributed by atoms with Gasteiger partial charge < -0.3 is 10.2 Å². The highest BCUT2D eigenvalue weighted by Crippen LogP contribution is 2.41. The molecule has 2 atom stereocenters. The maximum Gasteiger partial charge on any atom is 0.269 e. The van der Waals surface area contributed by atoms with Gasteiger partial charge in [-0.25, -0.2) is 0 Å². The third-order valence-electron chi connectivity index (χ3n) is 5.33. The van der Waals surface area contributed by atoms with Crippen LogP contribution in [0.2, 0.25) is 0 Å². The van der Waals surface area contributed by atoms with Gasteiger partial charge in [-0.2, -0.15) is 16.9 Å². The average molecular weight is 351 g/mol. The zero-order chi connectivity index (χ0) is 17.1. The molecule has 2 fully saturated rings. The van der Waals surface area contributed by atoms with Gasteiger partial charge in [0.2, 0.25) is 0 Å². The molecule has 0 bridgehead atoms. The van der Waals surface area contributed by atoms with Crippen molar-refractivity contribution in [3.05, 3.63) is 17.5 Å². The molecule has 3 rings (SSSR count). The van der Waals surface area contributed by atoms with Gasteiger partial charge in [-0.1, -0.05) is 6.92 Å².